The summed E-state index contributed by atoms with van der Waals surface area (Å²) in [6, 6.07) is 0.171. The average molecular weight is 444 g/mol. The molecule has 3 aliphatic rings. The molecule has 0 saturated heterocycles. The van der Waals surface area contributed by atoms with Crippen LogP contribution in [0.3, 0.4) is 0 Å². The van der Waals surface area contributed by atoms with Crippen LogP contribution in [0.1, 0.15) is 22.3 Å². The average Bonchev–Trinajstić information content (AvgIpc) is 2.68. The van der Waals surface area contributed by atoms with Crippen LogP contribution in [0.2, 0.25) is 0 Å². The zero-order chi connectivity index (χ0) is 23.9. The van der Waals surface area contributed by atoms with E-state index in [4.69, 9.17) is 17.2 Å². The molecule has 1 aromatic carbocycles. The topological polar surface area (TPSA) is 207 Å². The maximum Gasteiger partial charge on any atom is 0.235 e. The fourth-order valence-corrected chi connectivity index (χ4v) is 5.72. The van der Waals surface area contributed by atoms with Crippen molar-refractivity contribution in [2.75, 3.05) is 25.6 Å². The molecule has 4 rings (SSSR count). The van der Waals surface area contributed by atoms with Gasteiger partial charge in [-0.05, 0) is 44.5 Å². The summed E-state index contributed by atoms with van der Waals surface area (Å²) in [6.07, 6.45) is 0.0694. The molecule has 0 radical (unpaired) electrons. The number of phenolic OH excluding ortho intramolecular Hbond substituents is 1. The third-order valence-corrected chi connectivity index (χ3v) is 7.13. The van der Waals surface area contributed by atoms with Gasteiger partial charge in [0.2, 0.25) is 5.91 Å². The number of likely N-dealkylation sites (N-methyl/N-ethyl adjacent to an activating group) is 1. The highest BCUT2D eigenvalue weighted by atomic mass is 16.3. The van der Waals surface area contributed by atoms with E-state index in [1.54, 1.807) is 0 Å². The second-order valence-corrected chi connectivity index (χ2v) is 9.05. The van der Waals surface area contributed by atoms with Gasteiger partial charge in [0.1, 0.15) is 5.75 Å². The van der Waals surface area contributed by atoms with Crippen LogP contribution >= 0.6 is 0 Å². The second kappa shape index (κ2) is 6.84. The van der Waals surface area contributed by atoms with Gasteiger partial charge in [-0.2, -0.15) is 0 Å². The molecule has 32 heavy (non-hydrogen) atoms. The van der Waals surface area contributed by atoms with Gasteiger partial charge < -0.3 is 27.4 Å². The first-order chi connectivity index (χ1) is 14.8. The molecule has 2 fully saturated rings. The van der Waals surface area contributed by atoms with Gasteiger partial charge in [-0.25, -0.2) is 0 Å². The van der Waals surface area contributed by atoms with Gasteiger partial charge >= 0.3 is 0 Å². The molecule has 0 aliphatic heterocycles. The Morgan fingerprint density at radius 3 is 2.31 bits per heavy atom. The van der Waals surface area contributed by atoms with E-state index in [0.29, 0.717) is 5.56 Å². The second-order valence-electron chi connectivity index (χ2n) is 9.05. The number of rotatable bonds is 2. The number of anilines is 2. The molecule has 1 amide bonds. The van der Waals surface area contributed by atoms with Crippen molar-refractivity contribution in [3.8, 4) is 5.75 Å². The third kappa shape index (κ3) is 2.58. The van der Waals surface area contributed by atoms with Crippen LogP contribution < -0.4 is 17.2 Å². The van der Waals surface area contributed by atoms with Crippen molar-refractivity contribution in [2.45, 2.75) is 24.5 Å². The molecule has 0 spiro atoms. The lowest BCUT2D eigenvalue weighted by atomic mass is 9.52. The number of aliphatic hydroxyl groups is 1. The van der Waals surface area contributed by atoms with E-state index in [-0.39, 0.29) is 29.8 Å². The lowest BCUT2D eigenvalue weighted by Crippen LogP contribution is -2.74. The van der Waals surface area contributed by atoms with Crippen LogP contribution in [0.5, 0.6) is 5.75 Å². The number of primary amides is 1. The molecule has 6 atom stereocenters. The van der Waals surface area contributed by atoms with Crippen molar-refractivity contribution < 1.29 is 34.2 Å². The van der Waals surface area contributed by atoms with Crippen LogP contribution in [0, 0.1) is 23.7 Å². The first kappa shape index (κ1) is 21.9. The molecular weight excluding hydrogens is 420 g/mol. The number of hydrogen-bond donors (Lipinski definition) is 5. The lowest BCUT2D eigenvalue weighted by molar-refractivity contribution is -0.181. The monoisotopic (exact) mass is 444 g/mol. The number of hydrogen-bond acceptors (Lipinski definition) is 10. The lowest BCUT2D eigenvalue weighted by Gasteiger charge is -2.52. The summed E-state index contributed by atoms with van der Waals surface area (Å²) < 4.78 is 0. The minimum atomic E-state index is -2.75. The molecule has 4 unspecified atom stereocenters. The van der Waals surface area contributed by atoms with E-state index in [9.17, 15) is 34.2 Å². The van der Waals surface area contributed by atoms with Crippen molar-refractivity contribution in [3.63, 3.8) is 0 Å². The Labute approximate surface area is 182 Å². The Balaban J connectivity index is 1.89. The number of aromatic hydroxyl groups is 1. The van der Waals surface area contributed by atoms with Gasteiger partial charge in [0.25, 0.3) is 0 Å². The summed E-state index contributed by atoms with van der Waals surface area (Å²) in [6.45, 7) is 0. The standard InChI is InChI=1S/C21H24N4O7/c1-25(2)14-8-4-6-3-7-9(22)5-10(23)15(26)12(7)16(27)11(6)18(29)21(8,32)19(30)13(17(14)28)20(24)31/h5-6,8,11,13-14,26,32H,3-4,22-23H2,1-2H3,(H2,24,31)/t6?,8?,11?,13?,14-,21-/m0/s1. The van der Waals surface area contributed by atoms with E-state index < -0.39 is 70.1 Å². The Morgan fingerprint density at radius 2 is 1.75 bits per heavy atom. The summed E-state index contributed by atoms with van der Waals surface area (Å²) in [7, 11) is 3.04. The van der Waals surface area contributed by atoms with E-state index in [1.807, 2.05) is 0 Å². The van der Waals surface area contributed by atoms with Gasteiger partial charge in [0, 0.05) is 11.6 Å². The number of Topliss-reactive ketones (excluding diaryl/α,β-unsaturated/α-hetero) is 4. The van der Waals surface area contributed by atoms with Crippen LogP contribution in [0.4, 0.5) is 11.4 Å². The third-order valence-electron chi connectivity index (χ3n) is 7.13. The number of carbonyl (C=O) groups is 5. The molecule has 11 heteroatoms. The molecular formula is C21H24N4O7. The Hall–Kier alpha value is -3.31. The smallest absolute Gasteiger partial charge is 0.235 e. The SMILES string of the molecule is CN(C)[C@@H]1C(=O)C(C(N)=O)C(=O)[C@@]2(O)C(=O)C3C(=O)c4c(O)c(N)cc(N)c4CC3CC12. The number of fused-ring (bicyclic) bond motifs is 3. The zero-order valence-corrected chi connectivity index (χ0v) is 17.5. The van der Waals surface area contributed by atoms with Crippen molar-refractivity contribution in [1.29, 1.82) is 0 Å². The number of nitrogens with zero attached hydrogens (tertiary/aromatic N) is 1. The summed E-state index contributed by atoms with van der Waals surface area (Å²) in [5.74, 6) is -11.1. The highest BCUT2D eigenvalue weighted by Gasteiger charge is 2.69. The summed E-state index contributed by atoms with van der Waals surface area (Å²) in [5, 5.41) is 21.8. The van der Waals surface area contributed by atoms with Gasteiger partial charge in [-0.3, -0.25) is 28.9 Å². The fraction of sp³-hybridized carbons (Fsp3) is 0.476. The normalized spacial score (nSPS) is 34.2. The quantitative estimate of drug-likeness (QED) is 0.147. The molecule has 2 saturated carbocycles. The summed E-state index contributed by atoms with van der Waals surface area (Å²) in [4.78, 5) is 66.3. The van der Waals surface area contributed by atoms with E-state index in [2.05, 4.69) is 0 Å². The zero-order valence-electron chi connectivity index (χ0n) is 17.5. The maximum atomic E-state index is 13.6. The number of amides is 1. The fourth-order valence-electron chi connectivity index (χ4n) is 5.72. The first-order valence-corrected chi connectivity index (χ1v) is 10.1. The highest BCUT2D eigenvalue weighted by molar-refractivity contribution is 6.32. The van der Waals surface area contributed by atoms with Gasteiger partial charge in [-0.15, -0.1) is 0 Å². The van der Waals surface area contributed by atoms with E-state index >= 15 is 0 Å². The number of nitrogens with two attached hydrogens (primary N) is 3. The summed E-state index contributed by atoms with van der Waals surface area (Å²) in [5.41, 5.74) is 14.4. The van der Waals surface area contributed by atoms with E-state index in [0.717, 1.165) is 0 Å². The number of phenols is 1. The van der Waals surface area contributed by atoms with Crippen LogP contribution in [-0.2, 0) is 25.6 Å². The molecule has 3 aliphatic carbocycles. The van der Waals surface area contributed by atoms with Crippen LogP contribution in [0.25, 0.3) is 0 Å². The minimum absolute atomic E-state index is 0.0333. The van der Waals surface area contributed by atoms with Crippen molar-refractivity contribution in [1.82, 2.24) is 4.90 Å². The predicted molar refractivity (Wildman–Crippen MR) is 110 cm³/mol. The Bertz CT molecular complexity index is 1110. The number of nitrogen functional groups attached to an aromatic ring is 2. The minimum Gasteiger partial charge on any atom is -0.505 e. The molecule has 0 aromatic heterocycles. The Kier molecular flexibility index (Phi) is 4.68. The number of ketones is 4. The molecule has 0 heterocycles. The number of carbonyl (C=O) groups excluding carboxylic acids is 5. The molecule has 0 bridgehead atoms. The van der Waals surface area contributed by atoms with Crippen molar-refractivity contribution in [3.05, 3.63) is 17.2 Å². The van der Waals surface area contributed by atoms with Crippen LogP contribution in [-0.4, -0.2) is 69.9 Å². The highest BCUT2D eigenvalue weighted by Crippen LogP contribution is 2.51. The molecule has 170 valence electrons. The summed E-state index contributed by atoms with van der Waals surface area (Å²) >= 11 is 0. The van der Waals surface area contributed by atoms with Gasteiger partial charge in [0.05, 0.1) is 23.2 Å². The molecule has 11 nitrogen and oxygen atoms in total. The van der Waals surface area contributed by atoms with Gasteiger partial charge in [0.15, 0.2) is 34.7 Å². The largest absolute Gasteiger partial charge is 0.505 e. The van der Waals surface area contributed by atoms with E-state index in [1.165, 1.54) is 25.1 Å². The van der Waals surface area contributed by atoms with Gasteiger partial charge in [-0.1, -0.05) is 0 Å². The maximum absolute atomic E-state index is 13.6. The predicted octanol–water partition coefficient (Wildman–Crippen LogP) is -1.97. The van der Waals surface area contributed by atoms with Crippen LogP contribution in [0.15, 0.2) is 6.07 Å². The van der Waals surface area contributed by atoms with Crippen molar-refractivity contribution in [2.24, 2.45) is 29.4 Å². The number of benzene rings is 1. The van der Waals surface area contributed by atoms with Crippen molar-refractivity contribution >= 4 is 40.4 Å². The molecule has 1 aromatic rings. The Morgan fingerprint density at radius 1 is 1.12 bits per heavy atom. The molecule has 8 N–H and O–H groups in total. The first-order valence-electron chi connectivity index (χ1n) is 10.1.